The fourth-order valence-corrected chi connectivity index (χ4v) is 2.75. The van der Waals surface area contributed by atoms with Crippen molar-refractivity contribution in [1.82, 2.24) is 20.4 Å². The molecule has 8 heteroatoms. The second kappa shape index (κ2) is 6.54. The number of hydrogen-bond acceptors (Lipinski definition) is 4. The number of benzene rings is 1. The zero-order valence-corrected chi connectivity index (χ0v) is 13.4. The van der Waals surface area contributed by atoms with Crippen molar-refractivity contribution in [1.29, 1.82) is 0 Å². The van der Waals surface area contributed by atoms with Gasteiger partial charge in [0.25, 0.3) is 0 Å². The quantitative estimate of drug-likeness (QED) is 0.934. The van der Waals surface area contributed by atoms with Gasteiger partial charge in [-0.25, -0.2) is 13.6 Å². The number of carbonyl (C=O) groups is 1. The first-order valence-electron chi connectivity index (χ1n) is 7.82. The van der Waals surface area contributed by atoms with E-state index in [4.69, 9.17) is 4.52 Å². The molecule has 0 radical (unpaired) electrons. The highest BCUT2D eigenvalue weighted by Gasteiger charge is 2.34. The molecule has 2 aromatic rings. The Morgan fingerprint density at radius 3 is 2.92 bits per heavy atom. The third-order valence-corrected chi connectivity index (χ3v) is 3.82. The van der Waals surface area contributed by atoms with Crippen LogP contribution in [0.1, 0.15) is 38.6 Å². The maximum absolute atomic E-state index is 13.8. The van der Waals surface area contributed by atoms with Gasteiger partial charge in [0.2, 0.25) is 11.7 Å². The Bertz CT molecular complexity index is 747. The van der Waals surface area contributed by atoms with Crippen LogP contribution in [0.5, 0.6) is 0 Å². The first-order valence-corrected chi connectivity index (χ1v) is 7.82. The molecule has 1 saturated heterocycles. The lowest BCUT2D eigenvalue weighted by molar-refractivity contribution is 0.178. The molecule has 0 bridgehead atoms. The van der Waals surface area contributed by atoms with Crippen molar-refractivity contribution >= 4 is 6.03 Å². The number of likely N-dealkylation sites (tertiary alicyclic amines) is 1. The summed E-state index contributed by atoms with van der Waals surface area (Å²) >= 11 is 0. The highest BCUT2D eigenvalue weighted by molar-refractivity contribution is 5.75. The van der Waals surface area contributed by atoms with Crippen LogP contribution in [0.25, 0.3) is 11.4 Å². The number of halogens is 2. The van der Waals surface area contributed by atoms with E-state index in [9.17, 15) is 13.6 Å². The number of nitrogens with one attached hydrogen (secondary N) is 1. The van der Waals surface area contributed by atoms with Gasteiger partial charge in [-0.15, -0.1) is 0 Å². The summed E-state index contributed by atoms with van der Waals surface area (Å²) < 4.78 is 32.1. The Morgan fingerprint density at radius 1 is 1.42 bits per heavy atom. The van der Waals surface area contributed by atoms with E-state index in [1.54, 1.807) is 4.90 Å². The second-order valence-electron chi connectivity index (χ2n) is 6.04. The lowest BCUT2D eigenvalue weighted by atomic mass is 10.2. The van der Waals surface area contributed by atoms with Crippen LogP contribution >= 0.6 is 0 Å². The summed E-state index contributed by atoms with van der Waals surface area (Å²) in [5, 5.41) is 6.60. The van der Waals surface area contributed by atoms with E-state index in [2.05, 4.69) is 15.5 Å². The molecule has 1 aliphatic rings. The molecule has 0 saturated carbocycles. The topological polar surface area (TPSA) is 71.3 Å². The van der Waals surface area contributed by atoms with Crippen LogP contribution in [-0.2, 0) is 0 Å². The first-order chi connectivity index (χ1) is 11.5. The maximum atomic E-state index is 13.8. The van der Waals surface area contributed by atoms with E-state index in [1.165, 1.54) is 6.07 Å². The Balaban J connectivity index is 1.83. The fraction of sp³-hybridized carbons (Fsp3) is 0.438. The molecule has 2 amide bonds. The van der Waals surface area contributed by atoms with Crippen LogP contribution in [0.3, 0.4) is 0 Å². The normalized spacial score (nSPS) is 17.5. The average Bonchev–Trinajstić information content (AvgIpc) is 3.15. The van der Waals surface area contributed by atoms with Gasteiger partial charge in [-0.05, 0) is 38.8 Å². The van der Waals surface area contributed by atoms with E-state index < -0.39 is 11.6 Å². The highest BCUT2D eigenvalue weighted by atomic mass is 19.1. The Hall–Kier alpha value is -2.51. The molecule has 24 heavy (non-hydrogen) atoms. The Morgan fingerprint density at radius 2 is 2.21 bits per heavy atom. The number of rotatable bonds is 3. The van der Waals surface area contributed by atoms with Gasteiger partial charge in [0.15, 0.2) is 0 Å². The van der Waals surface area contributed by atoms with Crippen molar-refractivity contribution in [2.24, 2.45) is 0 Å². The van der Waals surface area contributed by atoms with Crippen LogP contribution in [0.15, 0.2) is 22.7 Å². The lowest BCUT2D eigenvalue weighted by Gasteiger charge is -2.23. The fourth-order valence-electron chi connectivity index (χ4n) is 2.75. The number of amides is 2. The van der Waals surface area contributed by atoms with Crippen LogP contribution in [0, 0.1) is 11.6 Å². The van der Waals surface area contributed by atoms with Gasteiger partial charge in [0.05, 0.1) is 5.56 Å². The second-order valence-corrected chi connectivity index (χ2v) is 6.04. The van der Waals surface area contributed by atoms with Gasteiger partial charge >= 0.3 is 6.03 Å². The van der Waals surface area contributed by atoms with Gasteiger partial charge < -0.3 is 14.7 Å². The summed E-state index contributed by atoms with van der Waals surface area (Å²) in [5.74, 6) is -1.14. The number of nitrogens with zero attached hydrogens (tertiary/aromatic N) is 3. The summed E-state index contributed by atoms with van der Waals surface area (Å²) in [6.45, 7) is 4.35. The molecule has 6 nitrogen and oxygen atoms in total. The van der Waals surface area contributed by atoms with Gasteiger partial charge in [0.1, 0.15) is 17.7 Å². The zero-order chi connectivity index (χ0) is 17.3. The highest BCUT2D eigenvalue weighted by Crippen LogP contribution is 2.32. The number of aromatic nitrogens is 2. The molecular weight excluding hydrogens is 318 g/mol. The smallest absolute Gasteiger partial charge is 0.318 e. The maximum Gasteiger partial charge on any atom is 0.318 e. The number of urea groups is 1. The molecule has 1 aliphatic heterocycles. The molecule has 0 spiro atoms. The minimum absolute atomic E-state index is 0.0188. The van der Waals surface area contributed by atoms with Crippen molar-refractivity contribution < 1.29 is 18.1 Å². The summed E-state index contributed by atoms with van der Waals surface area (Å²) in [5.41, 5.74) is 0.0579. The molecular formula is C16H18F2N4O2. The first kappa shape index (κ1) is 16.4. The molecule has 1 N–H and O–H groups in total. The van der Waals surface area contributed by atoms with Crippen LogP contribution < -0.4 is 5.32 Å². The van der Waals surface area contributed by atoms with Crippen molar-refractivity contribution in [3.05, 3.63) is 35.7 Å². The predicted octanol–water partition coefficient (Wildman–Crippen LogP) is 3.27. The molecule has 1 aromatic heterocycles. The molecule has 1 atom stereocenters. The average molecular weight is 336 g/mol. The van der Waals surface area contributed by atoms with E-state index >= 15 is 0 Å². The monoisotopic (exact) mass is 336 g/mol. The zero-order valence-electron chi connectivity index (χ0n) is 13.4. The number of hydrogen-bond donors (Lipinski definition) is 1. The molecule has 2 heterocycles. The van der Waals surface area contributed by atoms with E-state index in [1.807, 2.05) is 13.8 Å². The SMILES string of the molecule is CC(C)NC(=O)N1CCC[C@H]1c1nc(-c2ccc(F)cc2F)no1. The minimum atomic E-state index is -0.761. The predicted molar refractivity (Wildman–Crippen MR) is 82.0 cm³/mol. The summed E-state index contributed by atoms with van der Waals surface area (Å²) in [4.78, 5) is 18.1. The van der Waals surface area contributed by atoms with E-state index in [0.29, 0.717) is 13.0 Å². The van der Waals surface area contributed by atoms with Gasteiger partial charge in [-0.2, -0.15) is 4.98 Å². The van der Waals surface area contributed by atoms with Crippen molar-refractivity contribution in [2.45, 2.75) is 38.8 Å². The Kier molecular flexibility index (Phi) is 4.46. The third-order valence-electron chi connectivity index (χ3n) is 3.82. The van der Waals surface area contributed by atoms with Crippen molar-refractivity contribution in [2.75, 3.05) is 6.54 Å². The lowest BCUT2D eigenvalue weighted by Crippen LogP contribution is -2.42. The van der Waals surface area contributed by atoms with E-state index in [0.717, 1.165) is 18.6 Å². The molecule has 128 valence electrons. The molecule has 1 fully saturated rings. The Labute approximate surface area is 137 Å². The van der Waals surface area contributed by atoms with Crippen LogP contribution in [-0.4, -0.2) is 33.7 Å². The van der Waals surface area contributed by atoms with Gasteiger partial charge in [0, 0.05) is 18.7 Å². The van der Waals surface area contributed by atoms with Gasteiger partial charge in [-0.1, -0.05) is 5.16 Å². The third kappa shape index (κ3) is 3.22. The molecule has 0 unspecified atom stereocenters. The van der Waals surface area contributed by atoms with Crippen LogP contribution in [0.2, 0.25) is 0 Å². The summed E-state index contributed by atoms with van der Waals surface area (Å²) in [7, 11) is 0. The largest absolute Gasteiger partial charge is 0.337 e. The summed E-state index contributed by atoms with van der Waals surface area (Å²) in [6.07, 6.45) is 1.51. The van der Waals surface area contributed by atoms with Crippen LogP contribution in [0.4, 0.5) is 13.6 Å². The number of carbonyl (C=O) groups excluding carboxylic acids is 1. The van der Waals surface area contributed by atoms with E-state index in [-0.39, 0.29) is 35.4 Å². The van der Waals surface area contributed by atoms with Gasteiger partial charge in [-0.3, -0.25) is 0 Å². The van der Waals surface area contributed by atoms with Crippen molar-refractivity contribution in [3.8, 4) is 11.4 Å². The summed E-state index contributed by atoms with van der Waals surface area (Å²) in [6, 6.07) is 2.64. The minimum Gasteiger partial charge on any atom is -0.337 e. The molecule has 0 aliphatic carbocycles. The van der Waals surface area contributed by atoms with Crippen molar-refractivity contribution in [3.63, 3.8) is 0 Å². The molecule has 1 aromatic carbocycles. The standard InChI is InChI=1S/C16H18F2N4O2/c1-9(2)19-16(23)22-7-3-4-13(22)15-20-14(21-24-15)11-6-5-10(17)8-12(11)18/h5-6,8-9,13H,3-4,7H2,1-2H3,(H,19,23)/t13-/m0/s1. The molecule has 3 rings (SSSR count).